The standard InChI is InChI=1S/C18H25NO3/c1-2-13-4-3-5-16(10-13)22-17-11-19(12-17)18(21)14-6-8-15(20)9-7-14/h3-5,10,14-15,17,20H,2,6-9,11-12H2,1H3. The number of hydrogen-bond acceptors (Lipinski definition) is 3. The lowest BCUT2D eigenvalue weighted by Gasteiger charge is -2.41. The number of ether oxygens (including phenoxy) is 1. The zero-order valence-electron chi connectivity index (χ0n) is 13.2. The van der Waals surface area contributed by atoms with Gasteiger partial charge in [0.1, 0.15) is 11.9 Å². The molecular formula is C18H25NO3. The van der Waals surface area contributed by atoms with E-state index in [1.807, 2.05) is 17.0 Å². The number of rotatable bonds is 4. The van der Waals surface area contributed by atoms with Crippen LogP contribution in [0.25, 0.3) is 0 Å². The van der Waals surface area contributed by atoms with E-state index in [-0.39, 0.29) is 24.0 Å². The molecule has 2 fully saturated rings. The Balaban J connectivity index is 1.46. The lowest BCUT2D eigenvalue weighted by atomic mass is 9.86. The summed E-state index contributed by atoms with van der Waals surface area (Å²) < 4.78 is 5.94. The summed E-state index contributed by atoms with van der Waals surface area (Å²) in [4.78, 5) is 14.3. The van der Waals surface area contributed by atoms with Crippen LogP contribution in [0, 0.1) is 5.92 Å². The number of hydrogen-bond donors (Lipinski definition) is 1. The quantitative estimate of drug-likeness (QED) is 0.929. The number of benzene rings is 1. The first-order valence-corrected chi connectivity index (χ1v) is 8.38. The van der Waals surface area contributed by atoms with Crippen LogP contribution in [0.5, 0.6) is 5.75 Å². The highest BCUT2D eigenvalue weighted by molar-refractivity contribution is 5.79. The zero-order chi connectivity index (χ0) is 15.5. The highest BCUT2D eigenvalue weighted by Crippen LogP contribution is 2.28. The van der Waals surface area contributed by atoms with Crippen LogP contribution in [-0.2, 0) is 11.2 Å². The summed E-state index contributed by atoms with van der Waals surface area (Å²) in [6.45, 7) is 3.51. The van der Waals surface area contributed by atoms with Gasteiger partial charge in [-0.25, -0.2) is 0 Å². The average molecular weight is 303 g/mol. The van der Waals surface area contributed by atoms with E-state index in [0.717, 1.165) is 37.9 Å². The third-order valence-electron chi connectivity index (χ3n) is 4.82. The Hall–Kier alpha value is -1.55. The van der Waals surface area contributed by atoms with Crippen molar-refractivity contribution in [1.29, 1.82) is 0 Å². The molecule has 22 heavy (non-hydrogen) atoms. The van der Waals surface area contributed by atoms with Gasteiger partial charge >= 0.3 is 0 Å². The van der Waals surface area contributed by atoms with Crippen molar-refractivity contribution < 1.29 is 14.6 Å². The van der Waals surface area contributed by atoms with Gasteiger partial charge in [0.15, 0.2) is 0 Å². The third kappa shape index (κ3) is 3.43. The summed E-state index contributed by atoms with van der Waals surface area (Å²) in [5.74, 6) is 1.25. The fraction of sp³-hybridized carbons (Fsp3) is 0.611. The largest absolute Gasteiger partial charge is 0.487 e. The van der Waals surface area contributed by atoms with Gasteiger partial charge in [-0.05, 0) is 49.8 Å². The molecule has 1 heterocycles. The summed E-state index contributed by atoms with van der Waals surface area (Å²) in [7, 11) is 0. The van der Waals surface area contributed by atoms with E-state index in [0.29, 0.717) is 13.1 Å². The molecule has 1 aromatic carbocycles. The average Bonchev–Trinajstić information content (AvgIpc) is 2.51. The van der Waals surface area contributed by atoms with E-state index in [2.05, 4.69) is 19.1 Å². The van der Waals surface area contributed by atoms with Crippen molar-refractivity contribution in [2.75, 3.05) is 13.1 Å². The maximum absolute atomic E-state index is 12.4. The monoisotopic (exact) mass is 303 g/mol. The minimum Gasteiger partial charge on any atom is -0.487 e. The van der Waals surface area contributed by atoms with Crippen molar-refractivity contribution >= 4 is 5.91 Å². The molecule has 1 amide bonds. The molecular weight excluding hydrogens is 278 g/mol. The maximum atomic E-state index is 12.4. The lowest BCUT2D eigenvalue weighted by Crippen LogP contribution is -2.57. The van der Waals surface area contributed by atoms with E-state index in [9.17, 15) is 9.90 Å². The Kier molecular flexibility index (Phi) is 4.67. The van der Waals surface area contributed by atoms with Crippen LogP contribution in [-0.4, -0.2) is 41.2 Å². The normalized spacial score (nSPS) is 25.6. The summed E-state index contributed by atoms with van der Waals surface area (Å²) >= 11 is 0. The van der Waals surface area contributed by atoms with Crippen LogP contribution in [0.3, 0.4) is 0 Å². The van der Waals surface area contributed by atoms with Crippen molar-refractivity contribution in [3.63, 3.8) is 0 Å². The second kappa shape index (κ2) is 6.69. The predicted octanol–water partition coefficient (Wildman–Crippen LogP) is 2.39. The van der Waals surface area contributed by atoms with Gasteiger partial charge in [-0.15, -0.1) is 0 Å². The van der Waals surface area contributed by atoms with Gasteiger partial charge in [-0.1, -0.05) is 19.1 Å². The van der Waals surface area contributed by atoms with Crippen LogP contribution in [0.15, 0.2) is 24.3 Å². The topological polar surface area (TPSA) is 49.8 Å². The van der Waals surface area contributed by atoms with Crippen LogP contribution in [0.1, 0.15) is 38.2 Å². The van der Waals surface area contributed by atoms with E-state index in [1.54, 1.807) is 0 Å². The second-order valence-corrected chi connectivity index (χ2v) is 6.49. The molecule has 1 aromatic rings. The van der Waals surface area contributed by atoms with Crippen molar-refractivity contribution in [3.05, 3.63) is 29.8 Å². The number of aliphatic hydroxyl groups is 1. The van der Waals surface area contributed by atoms with Crippen LogP contribution < -0.4 is 4.74 Å². The molecule has 1 saturated carbocycles. The summed E-state index contributed by atoms with van der Waals surface area (Å²) in [5.41, 5.74) is 1.27. The number of carbonyl (C=O) groups is 1. The minimum absolute atomic E-state index is 0.104. The van der Waals surface area contributed by atoms with E-state index in [1.165, 1.54) is 5.56 Å². The van der Waals surface area contributed by atoms with Crippen molar-refractivity contribution in [1.82, 2.24) is 4.90 Å². The van der Waals surface area contributed by atoms with E-state index >= 15 is 0 Å². The molecule has 1 aliphatic heterocycles. The third-order valence-corrected chi connectivity index (χ3v) is 4.82. The molecule has 0 aromatic heterocycles. The lowest BCUT2D eigenvalue weighted by molar-refractivity contribution is -0.146. The Bertz CT molecular complexity index is 517. The Morgan fingerprint density at radius 1 is 1.27 bits per heavy atom. The Morgan fingerprint density at radius 3 is 2.68 bits per heavy atom. The molecule has 1 saturated heterocycles. The number of aryl methyl sites for hydroxylation is 1. The first-order valence-electron chi connectivity index (χ1n) is 8.38. The molecule has 1 N–H and O–H groups in total. The Labute approximate surface area is 132 Å². The molecule has 0 radical (unpaired) electrons. The van der Waals surface area contributed by atoms with E-state index < -0.39 is 0 Å². The number of nitrogens with zero attached hydrogens (tertiary/aromatic N) is 1. The van der Waals surface area contributed by atoms with Gasteiger partial charge < -0.3 is 14.7 Å². The molecule has 0 bridgehead atoms. The SMILES string of the molecule is CCc1cccc(OC2CN(C(=O)C3CCC(O)CC3)C2)c1. The smallest absolute Gasteiger partial charge is 0.225 e. The number of amides is 1. The molecule has 2 aliphatic rings. The van der Waals surface area contributed by atoms with Gasteiger partial charge in [0.05, 0.1) is 19.2 Å². The molecule has 0 atom stereocenters. The van der Waals surface area contributed by atoms with Gasteiger partial charge in [-0.2, -0.15) is 0 Å². The minimum atomic E-state index is -0.206. The van der Waals surface area contributed by atoms with Gasteiger partial charge in [-0.3, -0.25) is 4.79 Å². The molecule has 3 rings (SSSR count). The van der Waals surface area contributed by atoms with Crippen molar-refractivity contribution in [2.24, 2.45) is 5.92 Å². The molecule has 0 spiro atoms. The Morgan fingerprint density at radius 2 is 2.00 bits per heavy atom. The van der Waals surface area contributed by atoms with Crippen LogP contribution in [0.4, 0.5) is 0 Å². The van der Waals surface area contributed by atoms with E-state index in [4.69, 9.17) is 4.74 Å². The van der Waals surface area contributed by atoms with Gasteiger partial charge in [0, 0.05) is 5.92 Å². The van der Waals surface area contributed by atoms with Crippen molar-refractivity contribution in [3.8, 4) is 5.75 Å². The highest BCUT2D eigenvalue weighted by atomic mass is 16.5. The summed E-state index contributed by atoms with van der Waals surface area (Å²) in [6, 6.07) is 8.17. The summed E-state index contributed by atoms with van der Waals surface area (Å²) in [6.07, 6.45) is 4.07. The first-order chi connectivity index (χ1) is 10.7. The zero-order valence-corrected chi connectivity index (χ0v) is 13.2. The second-order valence-electron chi connectivity index (χ2n) is 6.49. The maximum Gasteiger partial charge on any atom is 0.225 e. The molecule has 1 aliphatic carbocycles. The number of likely N-dealkylation sites (tertiary alicyclic amines) is 1. The number of carbonyl (C=O) groups excluding carboxylic acids is 1. The molecule has 0 unspecified atom stereocenters. The fourth-order valence-electron chi connectivity index (χ4n) is 3.30. The molecule has 4 heteroatoms. The number of aliphatic hydroxyl groups excluding tert-OH is 1. The van der Waals surface area contributed by atoms with Crippen LogP contribution in [0.2, 0.25) is 0 Å². The van der Waals surface area contributed by atoms with Crippen molar-refractivity contribution in [2.45, 2.75) is 51.2 Å². The van der Waals surface area contributed by atoms with Gasteiger partial charge in [0.2, 0.25) is 5.91 Å². The molecule has 120 valence electrons. The molecule has 4 nitrogen and oxygen atoms in total. The van der Waals surface area contributed by atoms with Gasteiger partial charge in [0.25, 0.3) is 0 Å². The summed E-state index contributed by atoms with van der Waals surface area (Å²) in [5, 5.41) is 9.52. The fourth-order valence-corrected chi connectivity index (χ4v) is 3.30. The van der Waals surface area contributed by atoms with Crippen LogP contribution >= 0.6 is 0 Å². The first kappa shape index (κ1) is 15.3. The highest BCUT2D eigenvalue weighted by Gasteiger charge is 2.36. The predicted molar refractivity (Wildman–Crippen MR) is 84.8 cm³/mol.